The second kappa shape index (κ2) is 8.97. The third-order valence-electron chi connectivity index (χ3n) is 4.62. The lowest BCUT2D eigenvalue weighted by atomic mass is 10.0. The van der Waals surface area contributed by atoms with Crippen LogP contribution in [0, 0.1) is 12.7 Å². The van der Waals surface area contributed by atoms with Crippen LogP contribution in [0.5, 0.6) is 11.8 Å². The van der Waals surface area contributed by atoms with Crippen LogP contribution in [0.25, 0.3) is 11.1 Å². The number of ether oxygens (including phenoxy) is 1. The molecule has 1 aromatic carbocycles. The Morgan fingerprint density at radius 3 is 2.61 bits per heavy atom. The van der Waals surface area contributed by atoms with E-state index >= 15 is 0 Å². The molecule has 154 valence electrons. The van der Waals surface area contributed by atoms with Gasteiger partial charge in [-0.25, -0.2) is 14.4 Å². The summed E-state index contributed by atoms with van der Waals surface area (Å²) in [6, 6.07) is 10.7. The van der Waals surface area contributed by atoms with Crippen LogP contribution in [0.4, 0.5) is 4.39 Å². The summed E-state index contributed by atoms with van der Waals surface area (Å²) in [7, 11) is 0. The van der Waals surface area contributed by atoms with E-state index in [0.29, 0.717) is 22.0 Å². The maximum atomic E-state index is 13.7. The second-order valence-corrected chi connectivity index (χ2v) is 7.11. The molecule has 0 N–H and O–H groups in total. The number of rotatable bonds is 6. The van der Waals surface area contributed by atoms with Gasteiger partial charge in [-0.15, -0.1) is 0 Å². The predicted octanol–water partition coefficient (Wildman–Crippen LogP) is 5.25. The smallest absolute Gasteiger partial charge is 0.321 e. The molecule has 4 aromatic rings. The van der Waals surface area contributed by atoms with Crippen molar-refractivity contribution in [3.8, 4) is 22.9 Å². The lowest BCUT2D eigenvalue weighted by molar-refractivity contribution is 0.0990. The quantitative estimate of drug-likeness (QED) is 0.385. The second-order valence-electron chi connectivity index (χ2n) is 6.71. The predicted molar refractivity (Wildman–Crippen MR) is 114 cm³/mol. The van der Waals surface area contributed by atoms with Crippen LogP contribution in [0.2, 0.25) is 5.02 Å². The van der Waals surface area contributed by atoms with E-state index in [1.165, 1.54) is 6.20 Å². The Labute approximate surface area is 182 Å². The molecular formula is C23H16ClFN4O2. The van der Waals surface area contributed by atoms with Gasteiger partial charge in [0.15, 0.2) is 5.78 Å². The number of carbonyl (C=O) groups is 1. The molecule has 0 amide bonds. The minimum Gasteiger partial charge on any atom is -0.424 e. The molecule has 0 atom stereocenters. The van der Waals surface area contributed by atoms with Crippen LogP contribution in [0.3, 0.4) is 0 Å². The highest BCUT2D eigenvalue weighted by Gasteiger charge is 2.14. The molecule has 0 aliphatic heterocycles. The molecule has 0 aliphatic carbocycles. The fourth-order valence-corrected chi connectivity index (χ4v) is 3.19. The van der Waals surface area contributed by atoms with Crippen molar-refractivity contribution in [1.29, 1.82) is 0 Å². The lowest BCUT2D eigenvalue weighted by Crippen LogP contribution is -2.08. The van der Waals surface area contributed by atoms with E-state index in [0.717, 1.165) is 11.8 Å². The van der Waals surface area contributed by atoms with Crippen molar-refractivity contribution >= 4 is 17.4 Å². The van der Waals surface area contributed by atoms with Gasteiger partial charge in [0.1, 0.15) is 11.6 Å². The van der Waals surface area contributed by atoms with E-state index in [1.807, 2.05) is 6.07 Å². The maximum Gasteiger partial charge on any atom is 0.321 e. The molecule has 4 rings (SSSR count). The number of halogens is 2. The zero-order chi connectivity index (χ0) is 21.8. The summed E-state index contributed by atoms with van der Waals surface area (Å²) in [5, 5.41) is 0.522. The fourth-order valence-electron chi connectivity index (χ4n) is 2.96. The van der Waals surface area contributed by atoms with Crippen molar-refractivity contribution in [3.63, 3.8) is 0 Å². The summed E-state index contributed by atoms with van der Waals surface area (Å²) >= 11 is 6.36. The molecule has 0 radical (unpaired) electrons. The van der Waals surface area contributed by atoms with Crippen LogP contribution < -0.4 is 4.74 Å². The highest BCUT2D eigenvalue weighted by atomic mass is 35.5. The fraction of sp³-hybridized carbons (Fsp3) is 0.0870. The van der Waals surface area contributed by atoms with Gasteiger partial charge >= 0.3 is 6.01 Å². The van der Waals surface area contributed by atoms with Crippen molar-refractivity contribution in [2.45, 2.75) is 13.3 Å². The monoisotopic (exact) mass is 434 g/mol. The Balaban J connectivity index is 1.53. The van der Waals surface area contributed by atoms with Crippen molar-refractivity contribution in [1.82, 2.24) is 19.9 Å². The normalized spacial score (nSPS) is 10.7. The third kappa shape index (κ3) is 4.73. The molecule has 6 nitrogen and oxygen atoms in total. The molecule has 0 unspecified atom stereocenters. The first kappa shape index (κ1) is 20.6. The molecule has 0 saturated heterocycles. The highest BCUT2D eigenvalue weighted by molar-refractivity contribution is 6.33. The minimum atomic E-state index is -0.508. The van der Waals surface area contributed by atoms with Gasteiger partial charge in [-0.05, 0) is 42.8 Å². The molecule has 31 heavy (non-hydrogen) atoms. The van der Waals surface area contributed by atoms with Crippen LogP contribution in [0.15, 0.2) is 67.4 Å². The first-order chi connectivity index (χ1) is 15.0. The number of hydrogen-bond donors (Lipinski definition) is 0. The Kier molecular flexibility index (Phi) is 5.95. The van der Waals surface area contributed by atoms with Crippen LogP contribution in [-0.4, -0.2) is 25.7 Å². The topological polar surface area (TPSA) is 77.9 Å². The Hall–Kier alpha value is -3.71. The average Bonchev–Trinajstić information content (AvgIpc) is 2.78. The van der Waals surface area contributed by atoms with Crippen LogP contribution in [0.1, 0.15) is 21.6 Å². The van der Waals surface area contributed by atoms with Gasteiger partial charge in [0, 0.05) is 52.2 Å². The number of aromatic nitrogens is 4. The standard InChI is InChI=1S/C23H16ClFN4O2/c1-14-19(12-26-13-21(14)25)22(30)9-16-4-3-15(11-29-16)18-10-17(5-6-20(18)24)31-23-27-7-2-8-28-23/h2-8,10-13H,9H2,1H3. The average molecular weight is 435 g/mol. The van der Waals surface area contributed by atoms with Crippen LogP contribution in [-0.2, 0) is 6.42 Å². The Morgan fingerprint density at radius 2 is 1.87 bits per heavy atom. The number of nitrogens with zero attached hydrogens (tertiary/aromatic N) is 4. The Bertz CT molecular complexity index is 1230. The first-order valence-electron chi connectivity index (χ1n) is 9.34. The van der Waals surface area contributed by atoms with Gasteiger partial charge in [-0.3, -0.25) is 14.8 Å². The molecule has 3 heterocycles. The molecular weight excluding hydrogens is 419 g/mol. The maximum absolute atomic E-state index is 13.7. The van der Waals surface area contributed by atoms with E-state index in [-0.39, 0.29) is 29.3 Å². The number of ketones is 1. The third-order valence-corrected chi connectivity index (χ3v) is 4.95. The van der Waals surface area contributed by atoms with Gasteiger partial charge in [-0.1, -0.05) is 17.7 Å². The summed E-state index contributed by atoms with van der Waals surface area (Å²) in [5.41, 5.74) is 2.55. The molecule has 8 heteroatoms. The summed E-state index contributed by atoms with van der Waals surface area (Å²) in [6.07, 6.45) is 7.30. The minimum absolute atomic E-state index is 0.0362. The number of benzene rings is 1. The largest absolute Gasteiger partial charge is 0.424 e. The van der Waals surface area contributed by atoms with Crippen molar-refractivity contribution in [2.75, 3.05) is 0 Å². The highest BCUT2D eigenvalue weighted by Crippen LogP contribution is 2.32. The van der Waals surface area contributed by atoms with E-state index in [1.54, 1.807) is 55.8 Å². The molecule has 3 aromatic heterocycles. The van der Waals surface area contributed by atoms with Gasteiger partial charge in [0.05, 0.1) is 12.6 Å². The summed E-state index contributed by atoms with van der Waals surface area (Å²) in [4.78, 5) is 28.7. The van der Waals surface area contributed by atoms with Crippen LogP contribution >= 0.6 is 11.6 Å². The van der Waals surface area contributed by atoms with Gasteiger partial charge < -0.3 is 4.74 Å². The number of pyridine rings is 2. The van der Waals surface area contributed by atoms with E-state index < -0.39 is 5.82 Å². The van der Waals surface area contributed by atoms with Crippen molar-refractivity contribution in [2.24, 2.45) is 0 Å². The van der Waals surface area contributed by atoms with Gasteiger partial charge in [0.2, 0.25) is 0 Å². The van der Waals surface area contributed by atoms with E-state index in [2.05, 4.69) is 19.9 Å². The molecule has 0 fully saturated rings. The summed E-state index contributed by atoms with van der Waals surface area (Å²) in [6.45, 7) is 1.55. The van der Waals surface area contributed by atoms with E-state index in [4.69, 9.17) is 16.3 Å². The van der Waals surface area contributed by atoms with E-state index in [9.17, 15) is 9.18 Å². The summed E-state index contributed by atoms with van der Waals surface area (Å²) in [5.74, 6) is -0.230. The zero-order valence-corrected chi connectivity index (χ0v) is 17.2. The summed E-state index contributed by atoms with van der Waals surface area (Å²) < 4.78 is 19.3. The molecule has 0 bridgehead atoms. The van der Waals surface area contributed by atoms with Crippen molar-refractivity contribution < 1.29 is 13.9 Å². The number of Topliss-reactive ketones (excluding diaryl/α,β-unsaturated/α-hetero) is 1. The molecule has 0 saturated carbocycles. The molecule has 0 aliphatic rings. The zero-order valence-electron chi connectivity index (χ0n) is 16.4. The SMILES string of the molecule is Cc1c(F)cncc1C(=O)Cc1ccc(-c2cc(Oc3ncccn3)ccc2Cl)cn1. The lowest BCUT2D eigenvalue weighted by Gasteiger charge is -2.09. The van der Waals surface area contributed by atoms with Crippen molar-refractivity contribution in [3.05, 3.63) is 95.0 Å². The van der Waals surface area contributed by atoms with Gasteiger partial charge in [0.25, 0.3) is 0 Å². The number of hydrogen-bond acceptors (Lipinski definition) is 6. The Morgan fingerprint density at radius 1 is 1.06 bits per heavy atom. The molecule has 0 spiro atoms. The number of carbonyl (C=O) groups excluding carboxylic acids is 1. The van der Waals surface area contributed by atoms with Gasteiger partial charge in [-0.2, -0.15) is 0 Å². The first-order valence-corrected chi connectivity index (χ1v) is 9.72.